The van der Waals surface area contributed by atoms with Gasteiger partial charge in [0.05, 0.1) is 6.04 Å². The van der Waals surface area contributed by atoms with E-state index in [4.69, 9.17) is 0 Å². The topological polar surface area (TPSA) is 89.9 Å². The normalized spacial score (nSPS) is 20.2. The van der Waals surface area contributed by atoms with Gasteiger partial charge in [-0.15, -0.1) is 5.73 Å². The third-order valence-corrected chi connectivity index (χ3v) is 6.64. The quantitative estimate of drug-likeness (QED) is 0.557. The summed E-state index contributed by atoms with van der Waals surface area (Å²) in [5.41, 5.74) is 7.23. The Kier molecular flexibility index (Phi) is 7.13. The van der Waals surface area contributed by atoms with Gasteiger partial charge in [-0.1, -0.05) is 73.7 Å². The Bertz CT molecular complexity index is 1130. The molecule has 2 aliphatic rings. The first-order chi connectivity index (χ1) is 16.3. The minimum absolute atomic E-state index is 0.184. The molecule has 1 aliphatic heterocycles. The van der Waals surface area contributed by atoms with E-state index in [0.717, 1.165) is 16.7 Å². The molecule has 0 aromatic heterocycles. The number of amides is 2. The summed E-state index contributed by atoms with van der Waals surface area (Å²) >= 11 is 0. The van der Waals surface area contributed by atoms with Crippen LogP contribution in [0.3, 0.4) is 0 Å². The van der Waals surface area contributed by atoms with Gasteiger partial charge < -0.3 is 20.4 Å². The zero-order valence-electron chi connectivity index (χ0n) is 19.4. The Hall–Kier alpha value is -3.44. The number of aliphatic hydroxyl groups excluding tert-OH is 2. The fourth-order valence-corrected chi connectivity index (χ4v) is 4.40. The van der Waals surface area contributed by atoms with Crippen molar-refractivity contribution in [2.24, 2.45) is 5.92 Å². The van der Waals surface area contributed by atoms with Gasteiger partial charge >= 0.3 is 0 Å². The Balaban J connectivity index is 1.33. The van der Waals surface area contributed by atoms with Crippen LogP contribution in [0.1, 0.15) is 36.5 Å². The highest BCUT2D eigenvalue weighted by Gasteiger charge is 2.36. The zero-order valence-corrected chi connectivity index (χ0v) is 19.4. The summed E-state index contributed by atoms with van der Waals surface area (Å²) in [6, 6.07) is 17.4. The predicted octanol–water partition coefficient (Wildman–Crippen LogP) is 2.83. The van der Waals surface area contributed by atoms with Crippen LogP contribution in [0.15, 0.2) is 84.1 Å². The van der Waals surface area contributed by atoms with E-state index >= 15 is 0 Å². The third-order valence-electron chi connectivity index (χ3n) is 6.64. The number of hydrogen-bond donors (Lipinski definition) is 3. The maximum atomic E-state index is 12.7. The molecular weight excluding hydrogens is 428 g/mol. The van der Waals surface area contributed by atoms with Crippen molar-refractivity contribution >= 4 is 11.8 Å². The molecular formula is C28H30N2O4. The first-order valence-corrected chi connectivity index (χ1v) is 11.6. The molecule has 2 aromatic carbocycles. The van der Waals surface area contributed by atoms with E-state index in [2.05, 4.69) is 36.2 Å². The van der Waals surface area contributed by atoms with Crippen LogP contribution in [-0.4, -0.2) is 45.2 Å². The highest BCUT2D eigenvalue weighted by atomic mass is 16.3. The predicted molar refractivity (Wildman–Crippen MR) is 129 cm³/mol. The van der Waals surface area contributed by atoms with Crippen LogP contribution in [0.5, 0.6) is 0 Å². The Morgan fingerprint density at radius 1 is 0.971 bits per heavy atom. The van der Waals surface area contributed by atoms with Gasteiger partial charge in [-0.2, -0.15) is 0 Å². The number of hydrogen-bond acceptors (Lipinski definition) is 4. The van der Waals surface area contributed by atoms with Gasteiger partial charge in [-0.3, -0.25) is 9.59 Å². The van der Waals surface area contributed by atoms with Crippen LogP contribution < -0.4 is 5.32 Å². The molecule has 1 heterocycles. The van der Waals surface area contributed by atoms with E-state index in [1.54, 1.807) is 6.92 Å². The van der Waals surface area contributed by atoms with Gasteiger partial charge in [0, 0.05) is 24.6 Å². The molecule has 0 radical (unpaired) electrons. The summed E-state index contributed by atoms with van der Waals surface area (Å²) in [6.45, 7) is 4.63. The van der Waals surface area contributed by atoms with E-state index in [1.165, 1.54) is 10.5 Å². The van der Waals surface area contributed by atoms with Gasteiger partial charge in [0.2, 0.25) is 0 Å². The van der Waals surface area contributed by atoms with Crippen molar-refractivity contribution in [2.75, 3.05) is 0 Å². The van der Waals surface area contributed by atoms with E-state index in [9.17, 15) is 19.8 Å². The molecule has 0 bridgehead atoms. The lowest BCUT2D eigenvalue weighted by atomic mass is 9.85. The number of carbonyl (C=O) groups excluding carboxylic acids is 2. The largest absolute Gasteiger partial charge is 0.380 e. The highest BCUT2D eigenvalue weighted by Crippen LogP contribution is 2.28. The molecule has 3 N–H and O–H groups in total. The number of carbonyl (C=O) groups is 2. The lowest BCUT2D eigenvalue weighted by Crippen LogP contribution is -2.51. The van der Waals surface area contributed by atoms with Crippen LogP contribution in [0.2, 0.25) is 0 Å². The summed E-state index contributed by atoms with van der Waals surface area (Å²) in [6.07, 6.45) is 2.29. The SMILES string of the molecule is CC(c1ccccc1)C1C=C=C([C@@H](C)NC(=O)[C@H](O)[C@@H](O)C(=O)N2Cc3ccccc3C2)C=C1. The number of allylic oxidation sites excluding steroid dienone is 1. The third kappa shape index (κ3) is 5.05. The number of nitrogens with zero attached hydrogens (tertiary/aromatic N) is 1. The summed E-state index contributed by atoms with van der Waals surface area (Å²) in [5, 5.41) is 23.4. The first kappa shape index (κ1) is 23.7. The Morgan fingerprint density at radius 3 is 2.18 bits per heavy atom. The second kappa shape index (κ2) is 10.2. The average Bonchev–Trinajstić information content (AvgIpc) is 3.32. The summed E-state index contributed by atoms with van der Waals surface area (Å²) in [4.78, 5) is 26.7. The minimum atomic E-state index is -1.86. The van der Waals surface area contributed by atoms with Gasteiger partial charge in [0.25, 0.3) is 11.8 Å². The van der Waals surface area contributed by atoms with E-state index < -0.39 is 30.1 Å². The number of fused-ring (bicyclic) bond motifs is 1. The Labute approximate surface area is 199 Å². The molecule has 0 spiro atoms. The summed E-state index contributed by atoms with van der Waals surface area (Å²) < 4.78 is 0. The molecule has 0 saturated carbocycles. The van der Waals surface area contributed by atoms with Gasteiger partial charge in [-0.05, 0) is 35.6 Å². The van der Waals surface area contributed by atoms with Crippen LogP contribution in [0.25, 0.3) is 0 Å². The lowest BCUT2D eigenvalue weighted by molar-refractivity contribution is -0.153. The van der Waals surface area contributed by atoms with E-state index in [1.807, 2.05) is 54.6 Å². The summed E-state index contributed by atoms with van der Waals surface area (Å²) in [5.74, 6) is -0.992. The molecule has 0 fully saturated rings. The number of benzene rings is 2. The number of aliphatic hydroxyl groups is 2. The van der Waals surface area contributed by atoms with Crippen molar-refractivity contribution in [3.63, 3.8) is 0 Å². The fourth-order valence-electron chi connectivity index (χ4n) is 4.40. The molecule has 2 amide bonds. The molecule has 176 valence electrons. The first-order valence-electron chi connectivity index (χ1n) is 11.6. The van der Waals surface area contributed by atoms with E-state index in [-0.39, 0.29) is 11.8 Å². The van der Waals surface area contributed by atoms with Crippen molar-refractivity contribution in [3.8, 4) is 0 Å². The van der Waals surface area contributed by atoms with Crippen LogP contribution in [0.4, 0.5) is 0 Å². The van der Waals surface area contributed by atoms with Gasteiger partial charge in [0.15, 0.2) is 12.2 Å². The van der Waals surface area contributed by atoms with Gasteiger partial charge in [0.1, 0.15) is 0 Å². The lowest BCUT2D eigenvalue weighted by Gasteiger charge is -2.24. The monoisotopic (exact) mass is 458 g/mol. The van der Waals surface area contributed by atoms with Gasteiger partial charge in [-0.25, -0.2) is 0 Å². The molecule has 6 heteroatoms. The molecule has 2 unspecified atom stereocenters. The zero-order chi connectivity index (χ0) is 24.2. The number of rotatable bonds is 7. The fraction of sp³-hybridized carbons (Fsp3) is 0.321. The maximum absolute atomic E-state index is 12.7. The van der Waals surface area contributed by atoms with Crippen LogP contribution in [-0.2, 0) is 22.7 Å². The summed E-state index contributed by atoms with van der Waals surface area (Å²) in [7, 11) is 0. The molecule has 34 heavy (non-hydrogen) atoms. The van der Waals surface area contributed by atoms with Crippen molar-refractivity contribution < 1.29 is 19.8 Å². The molecule has 1 aliphatic carbocycles. The second-order valence-corrected chi connectivity index (χ2v) is 8.99. The molecule has 5 atom stereocenters. The molecule has 2 aromatic rings. The Morgan fingerprint density at radius 2 is 1.59 bits per heavy atom. The van der Waals surface area contributed by atoms with E-state index in [0.29, 0.717) is 13.1 Å². The standard InChI is InChI=1S/C28H30N2O4/c1-18(20-8-4-3-5-9-20)21-12-14-22(15-13-21)19(2)29-27(33)25(31)26(32)28(34)30-16-23-10-6-7-11-24(23)17-30/h3-14,18-19,21,25-26,31-32H,16-17H2,1-2H3,(H,29,33)/t18?,19-,21?,25-,26-/m1/s1. The second-order valence-electron chi connectivity index (χ2n) is 8.99. The average molecular weight is 459 g/mol. The highest BCUT2D eigenvalue weighted by molar-refractivity contribution is 5.91. The van der Waals surface area contributed by atoms with Crippen molar-refractivity contribution in [3.05, 3.63) is 101 Å². The maximum Gasteiger partial charge on any atom is 0.255 e. The van der Waals surface area contributed by atoms with Crippen molar-refractivity contribution in [1.82, 2.24) is 10.2 Å². The van der Waals surface area contributed by atoms with Crippen molar-refractivity contribution in [2.45, 2.75) is 51.1 Å². The minimum Gasteiger partial charge on any atom is -0.380 e. The molecule has 0 saturated heterocycles. The van der Waals surface area contributed by atoms with Crippen LogP contribution >= 0.6 is 0 Å². The smallest absolute Gasteiger partial charge is 0.255 e. The van der Waals surface area contributed by atoms with Crippen molar-refractivity contribution in [1.29, 1.82) is 0 Å². The molecule has 6 nitrogen and oxygen atoms in total. The molecule has 4 rings (SSSR count). The number of nitrogens with one attached hydrogen (secondary N) is 1. The van der Waals surface area contributed by atoms with Crippen LogP contribution in [0, 0.1) is 5.92 Å².